The van der Waals surface area contributed by atoms with Crippen molar-refractivity contribution in [1.82, 2.24) is 9.38 Å². The maximum absolute atomic E-state index is 9.18. The fourth-order valence-corrected chi connectivity index (χ4v) is 4.30. The molecule has 138 valence electrons. The molecular formula is C24H21N3S. The lowest BCUT2D eigenvalue weighted by Gasteiger charge is -2.09. The lowest BCUT2D eigenvalue weighted by molar-refractivity contribution is 1.08. The van der Waals surface area contributed by atoms with Gasteiger partial charge in [0.05, 0.1) is 23.5 Å². The van der Waals surface area contributed by atoms with Gasteiger partial charge < -0.3 is 4.40 Å². The standard InChI is InChI=1S/C24H21N3S/c1-18-12-22(21-9-5-8-20(13-21)14-25)16-27-23(15-26-24(18)27)17-28-11-10-19-6-3-2-4-7-19/h2-9,12-13,15-16H,10-11,17H2,1H3. The molecule has 2 heterocycles. The second-order valence-electron chi connectivity index (χ2n) is 6.84. The predicted octanol–water partition coefficient (Wildman–Crippen LogP) is 5.66. The molecule has 0 amide bonds. The molecular weight excluding hydrogens is 362 g/mol. The molecule has 0 atom stereocenters. The second-order valence-corrected chi connectivity index (χ2v) is 7.94. The first-order valence-corrected chi connectivity index (χ1v) is 10.5. The van der Waals surface area contributed by atoms with Crippen LogP contribution in [0.25, 0.3) is 16.8 Å². The molecule has 0 unspecified atom stereocenters. The zero-order valence-electron chi connectivity index (χ0n) is 15.8. The van der Waals surface area contributed by atoms with Crippen LogP contribution in [0.5, 0.6) is 0 Å². The third-order valence-electron chi connectivity index (χ3n) is 4.82. The topological polar surface area (TPSA) is 41.1 Å². The highest BCUT2D eigenvalue weighted by Gasteiger charge is 2.09. The average Bonchev–Trinajstić information content (AvgIpc) is 3.15. The smallest absolute Gasteiger partial charge is 0.139 e. The normalized spacial score (nSPS) is 10.9. The molecule has 4 heteroatoms. The lowest BCUT2D eigenvalue weighted by atomic mass is 10.0. The Hall–Kier alpha value is -3.03. The number of nitriles is 1. The fraction of sp³-hybridized carbons (Fsp3) is 0.167. The third-order valence-corrected chi connectivity index (χ3v) is 5.81. The predicted molar refractivity (Wildman–Crippen MR) is 116 cm³/mol. The Balaban J connectivity index is 1.54. The first-order valence-electron chi connectivity index (χ1n) is 9.33. The molecule has 4 aromatic rings. The first kappa shape index (κ1) is 18.3. The zero-order valence-corrected chi connectivity index (χ0v) is 16.6. The van der Waals surface area contributed by atoms with E-state index in [1.54, 1.807) is 0 Å². The van der Waals surface area contributed by atoms with Crippen molar-refractivity contribution in [3.05, 3.63) is 95.4 Å². The minimum absolute atomic E-state index is 0.678. The molecule has 2 aromatic heterocycles. The van der Waals surface area contributed by atoms with E-state index < -0.39 is 0 Å². The van der Waals surface area contributed by atoms with Gasteiger partial charge >= 0.3 is 0 Å². The van der Waals surface area contributed by atoms with E-state index in [2.05, 4.69) is 65.0 Å². The van der Waals surface area contributed by atoms with Crippen LogP contribution in [0.4, 0.5) is 0 Å². The van der Waals surface area contributed by atoms with Crippen molar-refractivity contribution in [1.29, 1.82) is 5.26 Å². The number of imidazole rings is 1. The van der Waals surface area contributed by atoms with Gasteiger partial charge in [-0.2, -0.15) is 17.0 Å². The molecule has 0 aliphatic heterocycles. The van der Waals surface area contributed by atoms with Crippen molar-refractivity contribution in [2.45, 2.75) is 19.1 Å². The number of aryl methyl sites for hydroxylation is 2. The summed E-state index contributed by atoms with van der Waals surface area (Å²) in [5.41, 5.74) is 7.56. The second kappa shape index (κ2) is 8.33. The molecule has 28 heavy (non-hydrogen) atoms. The number of thioether (sulfide) groups is 1. The van der Waals surface area contributed by atoms with Gasteiger partial charge in [-0.1, -0.05) is 42.5 Å². The number of fused-ring (bicyclic) bond motifs is 1. The molecule has 0 saturated carbocycles. The van der Waals surface area contributed by atoms with E-state index in [4.69, 9.17) is 0 Å². The van der Waals surface area contributed by atoms with E-state index in [-0.39, 0.29) is 0 Å². The van der Waals surface area contributed by atoms with Crippen LogP contribution >= 0.6 is 11.8 Å². The summed E-state index contributed by atoms with van der Waals surface area (Å²) in [7, 11) is 0. The molecule has 0 saturated heterocycles. The fourth-order valence-electron chi connectivity index (χ4n) is 3.35. The Morgan fingerprint density at radius 3 is 2.71 bits per heavy atom. The van der Waals surface area contributed by atoms with Crippen LogP contribution in [0, 0.1) is 18.3 Å². The van der Waals surface area contributed by atoms with E-state index in [1.165, 1.54) is 11.3 Å². The highest BCUT2D eigenvalue weighted by Crippen LogP contribution is 2.25. The number of nitrogens with zero attached hydrogens (tertiary/aromatic N) is 3. The summed E-state index contributed by atoms with van der Waals surface area (Å²) in [5.74, 6) is 2.01. The van der Waals surface area contributed by atoms with Gasteiger partial charge in [-0.25, -0.2) is 4.98 Å². The van der Waals surface area contributed by atoms with Gasteiger partial charge in [-0.15, -0.1) is 0 Å². The van der Waals surface area contributed by atoms with E-state index >= 15 is 0 Å². The van der Waals surface area contributed by atoms with Crippen LogP contribution < -0.4 is 0 Å². The van der Waals surface area contributed by atoms with Crippen LogP contribution in [-0.2, 0) is 12.2 Å². The first-order chi connectivity index (χ1) is 13.7. The number of aromatic nitrogens is 2. The summed E-state index contributed by atoms with van der Waals surface area (Å²) in [4.78, 5) is 4.62. The van der Waals surface area contributed by atoms with Crippen LogP contribution in [-0.4, -0.2) is 15.1 Å². The average molecular weight is 384 g/mol. The molecule has 3 nitrogen and oxygen atoms in total. The van der Waals surface area contributed by atoms with Gasteiger partial charge in [0, 0.05) is 11.9 Å². The highest BCUT2D eigenvalue weighted by atomic mass is 32.2. The van der Waals surface area contributed by atoms with Crippen LogP contribution in [0.1, 0.15) is 22.4 Å². The van der Waals surface area contributed by atoms with E-state index in [0.717, 1.165) is 40.3 Å². The summed E-state index contributed by atoms with van der Waals surface area (Å²) in [6.07, 6.45) is 5.19. The molecule has 0 N–H and O–H groups in total. The molecule has 2 aromatic carbocycles. The molecule has 0 bridgehead atoms. The Kier molecular flexibility index (Phi) is 5.45. The summed E-state index contributed by atoms with van der Waals surface area (Å²) < 4.78 is 2.19. The van der Waals surface area contributed by atoms with Gasteiger partial charge in [-0.3, -0.25) is 0 Å². The number of hydrogen-bond donors (Lipinski definition) is 0. The van der Waals surface area contributed by atoms with Gasteiger partial charge in [0.2, 0.25) is 0 Å². The maximum atomic E-state index is 9.18. The summed E-state index contributed by atoms with van der Waals surface area (Å²) in [6.45, 7) is 2.09. The SMILES string of the molecule is Cc1cc(-c2cccc(C#N)c2)cn2c(CSCCc3ccccc3)cnc12. The van der Waals surface area contributed by atoms with E-state index in [0.29, 0.717) is 5.56 Å². The monoisotopic (exact) mass is 383 g/mol. The Labute approximate surface area is 169 Å². The lowest BCUT2D eigenvalue weighted by Crippen LogP contribution is -1.96. The van der Waals surface area contributed by atoms with Crippen molar-refractivity contribution < 1.29 is 0 Å². The largest absolute Gasteiger partial charge is 0.302 e. The van der Waals surface area contributed by atoms with Crippen molar-refractivity contribution in [3.8, 4) is 17.2 Å². The van der Waals surface area contributed by atoms with E-state index in [9.17, 15) is 5.26 Å². The molecule has 0 fully saturated rings. The highest BCUT2D eigenvalue weighted by molar-refractivity contribution is 7.98. The summed E-state index contributed by atoms with van der Waals surface area (Å²) >= 11 is 1.93. The maximum Gasteiger partial charge on any atom is 0.139 e. The number of pyridine rings is 1. The molecule has 0 radical (unpaired) electrons. The zero-order chi connectivity index (χ0) is 19.3. The number of rotatable bonds is 6. The number of benzene rings is 2. The van der Waals surface area contributed by atoms with Gasteiger partial charge in [0.15, 0.2) is 0 Å². The van der Waals surface area contributed by atoms with Gasteiger partial charge in [-0.05, 0) is 59.6 Å². The Morgan fingerprint density at radius 2 is 1.89 bits per heavy atom. The van der Waals surface area contributed by atoms with Crippen molar-refractivity contribution in [2.24, 2.45) is 0 Å². The van der Waals surface area contributed by atoms with Crippen molar-refractivity contribution >= 4 is 17.4 Å². The van der Waals surface area contributed by atoms with Crippen LogP contribution in [0.3, 0.4) is 0 Å². The number of hydrogen-bond acceptors (Lipinski definition) is 3. The van der Waals surface area contributed by atoms with Gasteiger partial charge in [0.1, 0.15) is 5.65 Å². The van der Waals surface area contributed by atoms with E-state index in [1.807, 2.05) is 42.2 Å². The summed E-state index contributed by atoms with van der Waals surface area (Å²) in [5, 5.41) is 9.18. The minimum Gasteiger partial charge on any atom is -0.302 e. The van der Waals surface area contributed by atoms with Crippen molar-refractivity contribution in [2.75, 3.05) is 5.75 Å². The van der Waals surface area contributed by atoms with Gasteiger partial charge in [0.25, 0.3) is 0 Å². The Morgan fingerprint density at radius 1 is 1.04 bits per heavy atom. The summed E-state index contributed by atoms with van der Waals surface area (Å²) in [6, 6.07) is 22.7. The molecule has 0 aliphatic carbocycles. The molecule has 4 rings (SSSR count). The minimum atomic E-state index is 0.678. The van der Waals surface area contributed by atoms with Crippen LogP contribution in [0.15, 0.2) is 73.1 Å². The van der Waals surface area contributed by atoms with Crippen molar-refractivity contribution in [3.63, 3.8) is 0 Å². The Bertz CT molecular complexity index is 1140. The third kappa shape index (κ3) is 3.95. The molecule has 0 aliphatic rings. The van der Waals surface area contributed by atoms with Crippen LogP contribution in [0.2, 0.25) is 0 Å². The quantitative estimate of drug-likeness (QED) is 0.404. The molecule has 0 spiro atoms.